The van der Waals surface area contributed by atoms with Gasteiger partial charge in [0, 0.05) is 0 Å². The van der Waals surface area contributed by atoms with Crippen LogP contribution in [0.15, 0.2) is 24.3 Å². The zero-order valence-corrected chi connectivity index (χ0v) is 15.4. The predicted molar refractivity (Wildman–Crippen MR) is 85.3 cm³/mol. The van der Waals surface area contributed by atoms with Crippen LogP contribution in [0.25, 0.3) is 0 Å². The smallest absolute Gasteiger partial charge is 0.358 e. The van der Waals surface area contributed by atoms with E-state index < -0.39 is 0 Å². The molecule has 0 atom stereocenters. The quantitative estimate of drug-likeness (QED) is 0.440. The van der Waals surface area contributed by atoms with E-state index >= 15 is 0 Å². The summed E-state index contributed by atoms with van der Waals surface area (Å²) in [6.07, 6.45) is 0. The zero-order valence-electron chi connectivity index (χ0n) is 13.8. The molecule has 2 aromatic rings. The van der Waals surface area contributed by atoms with Crippen molar-refractivity contribution in [3.63, 3.8) is 0 Å². The molecule has 0 saturated heterocycles. The van der Waals surface area contributed by atoms with Gasteiger partial charge in [-0.25, -0.2) is 23.3 Å². The molecule has 0 heterocycles. The molecule has 0 aromatic heterocycles. The van der Waals surface area contributed by atoms with E-state index in [4.69, 9.17) is 0 Å². The molecule has 0 spiro atoms. The Labute approximate surface area is 135 Å². The van der Waals surface area contributed by atoms with Gasteiger partial charge < -0.3 is 14.9 Å². The van der Waals surface area contributed by atoms with E-state index in [1.165, 1.54) is 33.4 Å². The molecule has 2 rings (SSSR count). The number of hydrogen-bond donors (Lipinski definition) is 0. The maximum atomic E-state index is 2.20. The molecule has 0 amide bonds. The molecule has 0 bridgehead atoms. The Balaban J connectivity index is -0.000000233. The molecule has 0 fully saturated rings. The van der Waals surface area contributed by atoms with Crippen molar-refractivity contribution in [1.82, 2.24) is 0 Å². The summed E-state index contributed by atoms with van der Waals surface area (Å²) in [7, 11) is 0. The first-order valence-corrected chi connectivity index (χ1v) is 5.81. The third-order valence-electron chi connectivity index (χ3n) is 3.02. The third-order valence-corrected chi connectivity index (χ3v) is 3.02. The molecule has 0 aliphatic rings. The minimum Gasteiger partial charge on any atom is -0.358 e. The average Bonchev–Trinajstić information content (AvgIpc) is 2.58. The minimum absolute atomic E-state index is 0. The standard InChI is InChI=1S/2C8H11.2CH3.Ti/c2*1-6-4-7(2)8(3)5-6;;;/h2*4-5H,1-3H3;2*1H3;/q4*-1;+4. The zero-order chi connectivity index (χ0) is 12.3. The van der Waals surface area contributed by atoms with Crippen LogP contribution in [0.4, 0.5) is 0 Å². The Morgan fingerprint density at radius 3 is 1.00 bits per heavy atom. The molecule has 0 radical (unpaired) electrons. The van der Waals surface area contributed by atoms with Crippen LogP contribution in [0.5, 0.6) is 0 Å². The van der Waals surface area contributed by atoms with E-state index in [1.54, 1.807) is 0 Å². The molecule has 0 aliphatic heterocycles. The van der Waals surface area contributed by atoms with Crippen molar-refractivity contribution < 1.29 is 21.7 Å². The fourth-order valence-corrected chi connectivity index (χ4v) is 1.90. The predicted octanol–water partition coefficient (Wildman–Crippen LogP) is 5.56. The summed E-state index contributed by atoms with van der Waals surface area (Å²) in [6, 6.07) is 8.81. The molecular weight excluding hydrogens is 264 g/mol. The molecular formula is C18H28Ti. The van der Waals surface area contributed by atoms with Crippen LogP contribution in [0, 0.1) is 56.4 Å². The van der Waals surface area contributed by atoms with E-state index in [9.17, 15) is 0 Å². The molecule has 0 aliphatic carbocycles. The SMILES string of the molecule is Cc1cc(C)[c-](C)c1.Cc1cc(C)[c-](C)c1.[CH3-].[CH3-].[Ti+4]. The second kappa shape index (κ2) is 10.2. The van der Waals surface area contributed by atoms with E-state index in [1.807, 2.05) is 0 Å². The Morgan fingerprint density at radius 2 is 0.947 bits per heavy atom. The maximum absolute atomic E-state index is 2.20. The van der Waals surface area contributed by atoms with Crippen LogP contribution in [-0.2, 0) is 21.7 Å². The van der Waals surface area contributed by atoms with Crippen LogP contribution in [0.1, 0.15) is 33.4 Å². The van der Waals surface area contributed by atoms with E-state index in [0.29, 0.717) is 0 Å². The van der Waals surface area contributed by atoms with Crippen molar-refractivity contribution in [3.05, 3.63) is 72.5 Å². The van der Waals surface area contributed by atoms with Gasteiger partial charge in [0.15, 0.2) is 0 Å². The van der Waals surface area contributed by atoms with E-state index in [-0.39, 0.29) is 36.6 Å². The summed E-state index contributed by atoms with van der Waals surface area (Å²) in [4.78, 5) is 0. The number of aryl methyl sites for hydroxylation is 6. The third kappa shape index (κ3) is 7.55. The Bertz CT molecular complexity index is 375. The fraction of sp³-hybridized carbons (Fsp3) is 0.333. The average molecular weight is 292 g/mol. The summed E-state index contributed by atoms with van der Waals surface area (Å²) >= 11 is 0. The first-order chi connectivity index (χ1) is 7.40. The van der Waals surface area contributed by atoms with Gasteiger partial charge in [-0.15, -0.1) is 0 Å². The summed E-state index contributed by atoms with van der Waals surface area (Å²) < 4.78 is 0. The van der Waals surface area contributed by atoms with Crippen LogP contribution in [0.3, 0.4) is 0 Å². The minimum atomic E-state index is 0. The molecule has 0 nitrogen and oxygen atoms in total. The number of hydrogen-bond acceptors (Lipinski definition) is 0. The Morgan fingerprint density at radius 1 is 0.684 bits per heavy atom. The first kappa shape index (κ1) is 23.5. The van der Waals surface area contributed by atoms with Crippen LogP contribution in [0.2, 0.25) is 0 Å². The largest absolute Gasteiger partial charge is 4.00 e. The van der Waals surface area contributed by atoms with E-state index in [2.05, 4.69) is 65.8 Å². The van der Waals surface area contributed by atoms with E-state index in [0.717, 1.165) is 0 Å². The summed E-state index contributed by atoms with van der Waals surface area (Å²) in [5, 5.41) is 0. The van der Waals surface area contributed by atoms with Crippen molar-refractivity contribution in [2.45, 2.75) is 41.5 Å². The van der Waals surface area contributed by atoms with Crippen molar-refractivity contribution in [1.29, 1.82) is 0 Å². The van der Waals surface area contributed by atoms with Gasteiger partial charge in [0.05, 0.1) is 0 Å². The Kier molecular flexibility index (Phi) is 12.7. The van der Waals surface area contributed by atoms with Crippen LogP contribution >= 0.6 is 0 Å². The molecule has 0 unspecified atom stereocenters. The molecule has 0 saturated carbocycles. The summed E-state index contributed by atoms with van der Waals surface area (Å²) in [5.41, 5.74) is 8.37. The van der Waals surface area contributed by atoms with Crippen molar-refractivity contribution in [2.75, 3.05) is 0 Å². The van der Waals surface area contributed by atoms with Crippen molar-refractivity contribution in [3.8, 4) is 0 Å². The van der Waals surface area contributed by atoms with Gasteiger partial charge in [0.25, 0.3) is 0 Å². The van der Waals surface area contributed by atoms with Crippen LogP contribution < -0.4 is 0 Å². The molecule has 104 valence electrons. The molecule has 2 aromatic carbocycles. The summed E-state index contributed by atoms with van der Waals surface area (Å²) in [5.74, 6) is 0. The normalized spacial score (nSPS) is 8.32. The second-order valence-electron chi connectivity index (χ2n) is 4.80. The van der Waals surface area contributed by atoms with Gasteiger partial charge in [-0.1, -0.05) is 41.5 Å². The number of rotatable bonds is 0. The van der Waals surface area contributed by atoms with Crippen molar-refractivity contribution in [2.24, 2.45) is 0 Å². The molecule has 0 N–H and O–H groups in total. The van der Waals surface area contributed by atoms with Crippen molar-refractivity contribution >= 4 is 0 Å². The van der Waals surface area contributed by atoms with Gasteiger partial charge in [-0.2, -0.15) is 34.4 Å². The molecule has 1 heteroatoms. The molecule has 19 heavy (non-hydrogen) atoms. The van der Waals surface area contributed by atoms with Gasteiger partial charge in [0.1, 0.15) is 0 Å². The topological polar surface area (TPSA) is 0 Å². The summed E-state index contributed by atoms with van der Waals surface area (Å²) in [6.45, 7) is 12.8. The van der Waals surface area contributed by atoms with Gasteiger partial charge in [-0.3, -0.25) is 0 Å². The first-order valence-electron chi connectivity index (χ1n) is 5.81. The second-order valence-corrected chi connectivity index (χ2v) is 4.80. The monoisotopic (exact) mass is 292 g/mol. The van der Waals surface area contributed by atoms with Gasteiger partial charge in [-0.05, 0) is 0 Å². The van der Waals surface area contributed by atoms with Gasteiger partial charge in [0.2, 0.25) is 0 Å². The Hall–Kier alpha value is -0.586. The van der Waals surface area contributed by atoms with Gasteiger partial charge >= 0.3 is 21.7 Å². The fourth-order valence-electron chi connectivity index (χ4n) is 1.90. The van der Waals surface area contributed by atoms with Crippen LogP contribution in [-0.4, -0.2) is 0 Å². The maximum Gasteiger partial charge on any atom is 4.00 e.